The Balaban J connectivity index is 0.00000342. The summed E-state index contributed by atoms with van der Waals surface area (Å²) in [6, 6.07) is 19.3. The van der Waals surface area contributed by atoms with E-state index in [0.717, 1.165) is 17.7 Å². The molecule has 1 N–H and O–H groups in total. The van der Waals surface area contributed by atoms with Gasteiger partial charge in [0.25, 0.3) is 5.91 Å². The topological polar surface area (TPSA) is 82.1 Å². The molecule has 0 saturated carbocycles. The minimum absolute atomic E-state index is 0. The average molecular weight is 484 g/mol. The number of hydrogen-bond donors (Lipinski definition) is 1. The molecular formula is C26H16F3N2NaO3. The van der Waals surface area contributed by atoms with Crippen molar-refractivity contribution in [3.63, 3.8) is 0 Å². The summed E-state index contributed by atoms with van der Waals surface area (Å²) >= 11 is 0. The van der Waals surface area contributed by atoms with Crippen LogP contribution in [0.5, 0.6) is 0 Å². The summed E-state index contributed by atoms with van der Waals surface area (Å²) in [5.74, 6) is -2.17. The van der Waals surface area contributed by atoms with Crippen LogP contribution in [-0.2, 0) is 6.18 Å². The molecule has 0 atom stereocenters. The van der Waals surface area contributed by atoms with Crippen LogP contribution >= 0.6 is 0 Å². The molecule has 4 aromatic rings. The first-order valence-corrected chi connectivity index (χ1v) is 10.1. The van der Waals surface area contributed by atoms with Crippen molar-refractivity contribution in [3.8, 4) is 22.3 Å². The second-order valence-corrected chi connectivity index (χ2v) is 7.41. The summed E-state index contributed by atoms with van der Waals surface area (Å²) < 4.78 is 39.3. The zero-order valence-corrected chi connectivity index (χ0v) is 20.5. The van der Waals surface area contributed by atoms with Crippen molar-refractivity contribution < 1.29 is 57.4 Å². The number of rotatable bonds is 5. The van der Waals surface area contributed by atoms with Crippen molar-refractivity contribution in [2.75, 3.05) is 5.32 Å². The van der Waals surface area contributed by atoms with Crippen LogP contribution in [0.2, 0.25) is 0 Å². The first-order chi connectivity index (χ1) is 16.2. The molecule has 1 amide bonds. The number of halogens is 3. The van der Waals surface area contributed by atoms with Gasteiger partial charge in [0.15, 0.2) is 0 Å². The van der Waals surface area contributed by atoms with Crippen LogP contribution in [0, 0.1) is 0 Å². The summed E-state index contributed by atoms with van der Waals surface area (Å²) in [5, 5.41) is 14.1. The fourth-order valence-electron chi connectivity index (χ4n) is 3.43. The van der Waals surface area contributed by atoms with E-state index >= 15 is 0 Å². The van der Waals surface area contributed by atoms with Gasteiger partial charge >= 0.3 is 35.7 Å². The monoisotopic (exact) mass is 484 g/mol. The number of carboxylic acid groups (broad SMARTS) is 1. The number of nitrogens with one attached hydrogen (secondary N) is 1. The molecule has 0 radical (unpaired) electrons. The van der Waals surface area contributed by atoms with Gasteiger partial charge in [-0.05, 0) is 41.0 Å². The van der Waals surface area contributed by atoms with Gasteiger partial charge in [0.05, 0.1) is 22.8 Å². The third kappa shape index (κ3) is 6.16. The van der Waals surface area contributed by atoms with E-state index in [1.54, 1.807) is 12.3 Å². The average Bonchev–Trinajstić information content (AvgIpc) is 2.84. The molecule has 5 nitrogen and oxygen atoms in total. The quantitative estimate of drug-likeness (QED) is 0.440. The minimum atomic E-state index is -4.53. The number of carbonyl (C=O) groups excluding carboxylic acids is 2. The number of benzene rings is 3. The zero-order chi connectivity index (χ0) is 24.3. The second kappa shape index (κ2) is 10.9. The van der Waals surface area contributed by atoms with Gasteiger partial charge in [-0.15, -0.1) is 0 Å². The smallest absolute Gasteiger partial charge is 0.545 e. The van der Waals surface area contributed by atoms with Crippen LogP contribution in [0.25, 0.3) is 22.3 Å². The van der Waals surface area contributed by atoms with Gasteiger partial charge in [0, 0.05) is 23.5 Å². The molecule has 1 aromatic heterocycles. The van der Waals surface area contributed by atoms with Gasteiger partial charge in [0.1, 0.15) is 0 Å². The van der Waals surface area contributed by atoms with Crippen molar-refractivity contribution in [1.82, 2.24) is 4.98 Å². The Morgan fingerprint density at radius 1 is 0.771 bits per heavy atom. The Morgan fingerprint density at radius 2 is 1.46 bits per heavy atom. The number of pyridine rings is 1. The zero-order valence-electron chi connectivity index (χ0n) is 18.5. The van der Waals surface area contributed by atoms with Crippen LogP contribution in [-0.4, -0.2) is 16.9 Å². The van der Waals surface area contributed by atoms with Crippen LogP contribution < -0.4 is 40.0 Å². The Hall–Kier alpha value is -3.46. The summed E-state index contributed by atoms with van der Waals surface area (Å²) in [7, 11) is 0. The predicted molar refractivity (Wildman–Crippen MR) is 119 cm³/mol. The van der Waals surface area contributed by atoms with Crippen LogP contribution in [0.1, 0.15) is 26.3 Å². The van der Waals surface area contributed by atoms with E-state index in [4.69, 9.17) is 0 Å². The first-order valence-electron chi connectivity index (χ1n) is 10.1. The van der Waals surface area contributed by atoms with E-state index in [1.165, 1.54) is 36.5 Å². The maximum absolute atomic E-state index is 13.1. The fourth-order valence-corrected chi connectivity index (χ4v) is 3.43. The maximum Gasteiger partial charge on any atom is 1.00 e. The summed E-state index contributed by atoms with van der Waals surface area (Å²) in [6.45, 7) is 0. The van der Waals surface area contributed by atoms with Crippen molar-refractivity contribution in [2.45, 2.75) is 6.18 Å². The number of alkyl halides is 3. The van der Waals surface area contributed by atoms with Crippen LogP contribution in [0.15, 0.2) is 91.3 Å². The molecule has 0 spiro atoms. The van der Waals surface area contributed by atoms with Gasteiger partial charge in [0.2, 0.25) is 0 Å². The molecule has 1 heterocycles. The standard InChI is InChI=1S/C26H17F3N2O3.Na/c27-26(28,29)21-8-4-7-17(12-21)18-9-10-22(25(33)34)23(13-18)31-24(32)20-11-19(14-30-15-20)16-5-2-1-3-6-16;/h1-15H,(H,31,32)(H,33,34);/q;+1/p-1. The molecule has 170 valence electrons. The molecule has 35 heavy (non-hydrogen) atoms. The third-order valence-electron chi connectivity index (χ3n) is 5.12. The molecule has 0 aliphatic carbocycles. The Kier molecular flexibility index (Phi) is 8.11. The number of carboxylic acids is 1. The molecule has 0 saturated heterocycles. The summed E-state index contributed by atoms with van der Waals surface area (Å²) in [6.07, 6.45) is -1.61. The first kappa shape index (κ1) is 26.2. The second-order valence-electron chi connectivity index (χ2n) is 7.41. The molecule has 9 heteroatoms. The Bertz CT molecular complexity index is 1380. The van der Waals surface area contributed by atoms with Gasteiger partial charge in [-0.1, -0.05) is 54.6 Å². The number of carbonyl (C=O) groups is 2. The molecule has 4 rings (SSSR count). The molecular weight excluding hydrogens is 468 g/mol. The molecule has 0 aliphatic heterocycles. The fraction of sp³-hybridized carbons (Fsp3) is 0.0385. The van der Waals surface area contributed by atoms with Gasteiger partial charge in [-0.25, -0.2) is 0 Å². The van der Waals surface area contributed by atoms with E-state index in [2.05, 4.69) is 10.3 Å². The van der Waals surface area contributed by atoms with Gasteiger partial charge in [-0.2, -0.15) is 13.2 Å². The van der Waals surface area contributed by atoms with E-state index in [1.807, 2.05) is 30.3 Å². The van der Waals surface area contributed by atoms with Crippen molar-refractivity contribution in [2.24, 2.45) is 0 Å². The van der Waals surface area contributed by atoms with Crippen LogP contribution in [0.3, 0.4) is 0 Å². The van der Waals surface area contributed by atoms with E-state index < -0.39 is 23.6 Å². The summed E-state index contributed by atoms with van der Waals surface area (Å²) in [5.41, 5.74) is 0.947. The Morgan fingerprint density at radius 3 is 2.14 bits per heavy atom. The Labute approximate surface area is 220 Å². The number of amides is 1. The van der Waals surface area contributed by atoms with Crippen molar-refractivity contribution in [1.29, 1.82) is 0 Å². The third-order valence-corrected chi connectivity index (χ3v) is 5.12. The maximum atomic E-state index is 13.1. The van der Waals surface area contributed by atoms with E-state index in [9.17, 15) is 27.9 Å². The number of aromatic nitrogens is 1. The molecule has 0 unspecified atom stereocenters. The normalized spacial score (nSPS) is 10.8. The van der Waals surface area contributed by atoms with E-state index in [0.29, 0.717) is 11.1 Å². The summed E-state index contributed by atoms with van der Waals surface area (Å²) in [4.78, 5) is 28.6. The van der Waals surface area contributed by atoms with Gasteiger partial charge in [-0.3, -0.25) is 9.78 Å². The van der Waals surface area contributed by atoms with Crippen molar-refractivity contribution >= 4 is 17.6 Å². The SMILES string of the molecule is O=C(Nc1cc(-c2cccc(C(F)(F)F)c2)ccc1C(=O)[O-])c1cncc(-c2ccccc2)c1.[Na+]. The van der Waals surface area contributed by atoms with Gasteiger partial charge < -0.3 is 15.2 Å². The molecule has 0 aliphatic rings. The largest absolute Gasteiger partial charge is 1.00 e. The molecule has 0 fully saturated rings. The number of aromatic carboxylic acids is 1. The van der Waals surface area contributed by atoms with Crippen molar-refractivity contribution in [3.05, 3.63) is 108 Å². The predicted octanol–water partition coefficient (Wildman–Crippen LogP) is 2.05. The minimum Gasteiger partial charge on any atom is -0.545 e. The van der Waals surface area contributed by atoms with Crippen LogP contribution in [0.4, 0.5) is 18.9 Å². The number of nitrogens with zero attached hydrogens (tertiary/aromatic N) is 1. The number of hydrogen-bond acceptors (Lipinski definition) is 4. The molecule has 0 bridgehead atoms. The molecule has 3 aromatic carbocycles. The van der Waals surface area contributed by atoms with E-state index in [-0.39, 0.29) is 51.9 Å². The number of anilines is 1.